The van der Waals surface area contributed by atoms with Crippen molar-refractivity contribution in [2.45, 2.75) is 6.92 Å². The van der Waals surface area contributed by atoms with Crippen molar-refractivity contribution in [1.29, 1.82) is 0 Å². The maximum Gasteiger partial charge on any atom is 0.246 e. The van der Waals surface area contributed by atoms with Gasteiger partial charge in [0, 0.05) is 18.8 Å². The van der Waals surface area contributed by atoms with Crippen LogP contribution in [0, 0.1) is 6.92 Å². The van der Waals surface area contributed by atoms with E-state index in [1.54, 1.807) is 25.3 Å². The number of rotatable bonds is 5. The molecule has 26 heavy (non-hydrogen) atoms. The lowest BCUT2D eigenvalue weighted by Crippen LogP contribution is -2.33. The molecule has 6 heteroatoms. The van der Waals surface area contributed by atoms with Crippen molar-refractivity contribution in [3.8, 4) is 11.5 Å². The highest BCUT2D eigenvalue weighted by molar-refractivity contribution is 5.97. The van der Waals surface area contributed by atoms with Gasteiger partial charge in [-0.15, -0.1) is 0 Å². The average Bonchev–Trinajstić information content (AvgIpc) is 3.09. The molecule has 0 saturated heterocycles. The zero-order chi connectivity index (χ0) is 18.5. The molecule has 2 amide bonds. The minimum atomic E-state index is -0.262. The Balaban J connectivity index is 1.53. The molecule has 0 bridgehead atoms. The van der Waals surface area contributed by atoms with Gasteiger partial charge in [-0.25, -0.2) is 0 Å². The number of nitrogens with one attached hydrogen (secondary N) is 1. The Hall–Kier alpha value is -3.28. The number of nitrogens with zero attached hydrogens (tertiary/aromatic N) is 1. The molecule has 0 radical (unpaired) electrons. The van der Waals surface area contributed by atoms with Crippen molar-refractivity contribution >= 4 is 23.6 Å². The first-order chi connectivity index (χ1) is 12.5. The van der Waals surface area contributed by atoms with Crippen LogP contribution in [0.2, 0.25) is 0 Å². The zero-order valence-electron chi connectivity index (χ0n) is 14.7. The lowest BCUT2D eigenvalue weighted by Gasteiger charge is -2.15. The van der Waals surface area contributed by atoms with Crippen LogP contribution in [0.4, 0.5) is 5.69 Å². The molecule has 1 aliphatic rings. The maximum atomic E-state index is 12.2. The Bertz CT molecular complexity index is 843. The fraction of sp³-hybridized carbons (Fsp3) is 0.200. The number of fused-ring (bicyclic) bond motifs is 1. The van der Waals surface area contributed by atoms with Gasteiger partial charge < -0.3 is 19.7 Å². The van der Waals surface area contributed by atoms with E-state index in [0.717, 1.165) is 11.1 Å². The monoisotopic (exact) mass is 352 g/mol. The van der Waals surface area contributed by atoms with Crippen molar-refractivity contribution in [1.82, 2.24) is 4.90 Å². The molecule has 0 fully saturated rings. The van der Waals surface area contributed by atoms with Crippen LogP contribution < -0.4 is 14.8 Å². The zero-order valence-corrected chi connectivity index (χ0v) is 14.7. The quantitative estimate of drug-likeness (QED) is 0.840. The number of hydrogen-bond donors (Lipinski definition) is 1. The summed E-state index contributed by atoms with van der Waals surface area (Å²) in [6, 6.07) is 12.9. The van der Waals surface area contributed by atoms with E-state index in [4.69, 9.17) is 9.47 Å². The molecule has 0 spiro atoms. The summed E-state index contributed by atoms with van der Waals surface area (Å²) in [7, 11) is 1.58. The van der Waals surface area contributed by atoms with Gasteiger partial charge in [0.15, 0.2) is 11.5 Å². The molecule has 0 aromatic heterocycles. The van der Waals surface area contributed by atoms with Gasteiger partial charge in [0.1, 0.15) is 0 Å². The van der Waals surface area contributed by atoms with Gasteiger partial charge in [0.05, 0.1) is 6.54 Å². The first-order valence-corrected chi connectivity index (χ1v) is 8.20. The number of carbonyl (C=O) groups excluding carboxylic acids is 2. The normalized spacial score (nSPS) is 12.2. The molecule has 0 aliphatic carbocycles. The van der Waals surface area contributed by atoms with Crippen LogP contribution in [-0.4, -0.2) is 37.1 Å². The highest BCUT2D eigenvalue weighted by Gasteiger charge is 2.13. The number of carbonyl (C=O) groups is 2. The van der Waals surface area contributed by atoms with Crippen LogP contribution in [0.5, 0.6) is 11.5 Å². The van der Waals surface area contributed by atoms with Crippen LogP contribution in [0.25, 0.3) is 6.08 Å². The van der Waals surface area contributed by atoms with Gasteiger partial charge in [-0.1, -0.05) is 23.8 Å². The molecule has 134 valence electrons. The minimum Gasteiger partial charge on any atom is -0.454 e. The third-order valence-electron chi connectivity index (χ3n) is 3.91. The fourth-order valence-electron chi connectivity index (χ4n) is 2.44. The molecule has 0 saturated carbocycles. The van der Waals surface area contributed by atoms with Gasteiger partial charge >= 0.3 is 0 Å². The standard InChI is InChI=1S/C20H20N2O4/c1-14-3-7-16(8-4-14)21-19(23)12-22(2)20(24)10-6-15-5-9-17-18(11-15)26-13-25-17/h3-11H,12-13H2,1-2H3,(H,21,23). The summed E-state index contributed by atoms with van der Waals surface area (Å²) in [5, 5.41) is 2.77. The molecule has 2 aromatic carbocycles. The van der Waals surface area contributed by atoms with Crippen molar-refractivity contribution in [2.24, 2.45) is 0 Å². The molecule has 1 heterocycles. The van der Waals surface area contributed by atoms with Crippen LogP contribution >= 0.6 is 0 Å². The first kappa shape index (κ1) is 17.5. The Morgan fingerprint density at radius 1 is 1.12 bits per heavy atom. The van der Waals surface area contributed by atoms with Crippen LogP contribution in [-0.2, 0) is 9.59 Å². The molecule has 0 unspecified atom stereocenters. The van der Waals surface area contributed by atoms with Gasteiger partial charge in [-0.3, -0.25) is 9.59 Å². The number of hydrogen-bond acceptors (Lipinski definition) is 4. The molecular formula is C20H20N2O4. The molecule has 2 aromatic rings. The van der Waals surface area contributed by atoms with E-state index in [1.165, 1.54) is 11.0 Å². The largest absolute Gasteiger partial charge is 0.454 e. The highest BCUT2D eigenvalue weighted by Crippen LogP contribution is 2.32. The fourth-order valence-corrected chi connectivity index (χ4v) is 2.44. The minimum absolute atomic E-state index is 0.0296. The molecular weight excluding hydrogens is 332 g/mol. The summed E-state index contributed by atoms with van der Waals surface area (Å²) in [5.41, 5.74) is 2.64. The first-order valence-electron chi connectivity index (χ1n) is 8.20. The molecule has 6 nitrogen and oxygen atoms in total. The number of benzene rings is 2. The molecule has 1 aliphatic heterocycles. The molecule has 0 atom stereocenters. The topological polar surface area (TPSA) is 67.9 Å². The number of ether oxygens (including phenoxy) is 2. The van der Waals surface area contributed by atoms with Crippen molar-refractivity contribution in [3.63, 3.8) is 0 Å². The lowest BCUT2D eigenvalue weighted by molar-refractivity contribution is -0.129. The van der Waals surface area contributed by atoms with E-state index in [2.05, 4.69) is 5.32 Å². The van der Waals surface area contributed by atoms with E-state index in [-0.39, 0.29) is 25.2 Å². The Morgan fingerprint density at radius 2 is 1.85 bits per heavy atom. The number of likely N-dealkylation sites (N-methyl/N-ethyl adjacent to an activating group) is 1. The van der Waals surface area contributed by atoms with E-state index in [9.17, 15) is 9.59 Å². The Kier molecular flexibility index (Phi) is 5.22. The van der Waals surface area contributed by atoms with Crippen molar-refractivity contribution < 1.29 is 19.1 Å². The van der Waals surface area contributed by atoms with Crippen LogP contribution in [0.15, 0.2) is 48.5 Å². The second kappa shape index (κ2) is 7.74. The van der Waals surface area contributed by atoms with E-state index in [1.807, 2.05) is 37.3 Å². The van der Waals surface area contributed by atoms with Crippen molar-refractivity contribution in [3.05, 3.63) is 59.7 Å². The average molecular weight is 352 g/mol. The third kappa shape index (κ3) is 4.42. The predicted molar refractivity (Wildman–Crippen MR) is 99.0 cm³/mol. The van der Waals surface area contributed by atoms with E-state index in [0.29, 0.717) is 17.2 Å². The van der Waals surface area contributed by atoms with Crippen LogP contribution in [0.3, 0.4) is 0 Å². The van der Waals surface area contributed by atoms with Gasteiger partial charge in [-0.05, 0) is 42.8 Å². The Morgan fingerprint density at radius 3 is 2.62 bits per heavy atom. The summed E-state index contributed by atoms with van der Waals surface area (Å²) >= 11 is 0. The summed E-state index contributed by atoms with van der Waals surface area (Å²) in [6.07, 6.45) is 3.11. The predicted octanol–water partition coefficient (Wildman–Crippen LogP) is 2.83. The SMILES string of the molecule is Cc1ccc(NC(=O)CN(C)C(=O)C=Cc2ccc3c(c2)OCO3)cc1. The van der Waals surface area contributed by atoms with Gasteiger partial charge in [0.25, 0.3) is 0 Å². The summed E-state index contributed by atoms with van der Waals surface area (Å²) in [4.78, 5) is 25.6. The number of anilines is 1. The second-order valence-electron chi connectivity index (χ2n) is 6.05. The summed E-state index contributed by atoms with van der Waals surface area (Å²) < 4.78 is 10.6. The lowest BCUT2D eigenvalue weighted by atomic mass is 10.2. The maximum absolute atomic E-state index is 12.2. The number of aryl methyl sites for hydroxylation is 1. The molecule has 3 rings (SSSR count). The van der Waals surface area contributed by atoms with Crippen molar-refractivity contribution in [2.75, 3.05) is 25.7 Å². The number of amides is 2. The summed E-state index contributed by atoms with van der Waals surface area (Å²) in [5.74, 6) is 0.840. The highest BCUT2D eigenvalue weighted by atomic mass is 16.7. The van der Waals surface area contributed by atoms with Gasteiger partial charge in [-0.2, -0.15) is 0 Å². The summed E-state index contributed by atoms with van der Waals surface area (Å²) in [6.45, 7) is 2.16. The smallest absolute Gasteiger partial charge is 0.246 e. The van der Waals surface area contributed by atoms with Crippen LogP contribution in [0.1, 0.15) is 11.1 Å². The second-order valence-corrected chi connectivity index (χ2v) is 6.05. The molecule has 1 N–H and O–H groups in total. The van der Waals surface area contributed by atoms with Gasteiger partial charge in [0.2, 0.25) is 18.6 Å². The Labute approximate surface area is 152 Å². The van der Waals surface area contributed by atoms with E-state index < -0.39 is 0 Å². The third-order valence-corrected chi connectivity index (χ3v) is 3.91. The van der Waals surface area contributed by atoms with E-state index >= 15 is 0 Å².